The Morgan fingerprint density at radius 1 is 1.19 bits per heavy atom. The molecule has 1 aromatic carbocycles. The van der Waals surface area contributed by atoms with E-state index >= 15 is 0 Å². The number of anilines is 1. The molecule has 5 rings (SSSR count). The van der Waals surface area contributed by atoms with Gasteiger partial charge in [-0.1, -0.05) is 0 Å². The molecule has 0 bridgehead atoms. The van der Waals surface area contributed by atoms with Crippen LogP contribution in [0.5, 0.6) is 11.6 Å². The van der Waals surface area contributed by atoms with E-state index in [0.717, 1.165) is 19.4 Å². The van der Waals surface area contributed by atoms with Gasteiger partial charge in [-0.3, -0.25) is 9.59 Å². The number of fused-ring (bicyclic) bond motifs is 1. The first-order chi connectivity index (χ1) is 15.6. The monoisotopic (exact) mass is 440 g/mol. The van der Waals surface area contributed by atoms with E-state index in [1.165, 1.54) is 6.07 Å². The minimum Gasteiger partial charge on any atom is -0.491 e. The first-order valence-corrected chi connectivity index (χ1v) is 11.1. The van der Waals surface area contributed by atoms with Crippen molar-refractivity contribution in [3.8, 4) is 11.6 Å². The molecular weight excluding hydrogens is 415 g/mol. The summed E-state index contributed by atoms with van der Waals surface area (Å²) in [6, 6.07) is 6.52. The molecule has 7 nitrogen and oxygen atoms in total. The molecule has 32 heavy (non-hydrogen) atoms. The van der Waals surface area contributed by atoms with Crippen LogP contribution in [0.3, 0.4) is 0 Å². The van der Waals surface area contributed by atoms with Gasteiger partial charge in [-0.05, 0) is 49.4 Å². The second-order valence-electron chi connectivity index (χ2n) is 8.45. The molecule has 2 atom stereocenters. The Kier molecular flexibility index (Phi) is 5.78. The van der Waals surface area contributed by atoms with E-state index in [9.17, 15) is 14.0 Å². The Hall–Kier alpha value is -3.00. The highest BCUT2D eigenvalue weighted by atomic mass is 19.1. The van der Waals surface area contributed by atoms with Crippen LogP contribution < -0.4 is 14.4 Å². The number of ketones is 1. The summed E-state index contributed by atoms with van der Waals surface area (Å²) in [5.41, 5.74) is 1.31. The summed E-state index contributed by atoms with van der Waals surface area (Å²) in [4.78, 5) is 30.7. The fourth-order valence-corrected chi connectivity index (χ4v) is 4.50. The van der Waals surface area contributed by atoms with Gasteiger partial charge in [0.2, 0.25) is 11.8 Å². The Balaban J connectivity index is 1.18. The molecule has 0 saturated carbocycles. The number of benzene rings is 1. The average Bonchev–Trinajstić information content (AvgIpc) is 3.37. The first-order valence-electron chi connectivity index (χ1n) is 11.1. The summed E-state index contributed by atoms with van der Waals surface area (Å²) in [6.45, 7) is 2.02. The summed E-state index contributed by atoms with van der Waals surface area (Å²) in [6.07, 6.45) is 4.88. The second-order valence-corrected chi connectivity index (χ2v) is 8.45. The zero-order chi connectivity index (χ0) is 22.1. The third-order valence-electron chi connectivity index (χ3n) is 6.28. The largest absolute Gasteiger partial charge is 0.491 e. The first kappa shape index (κ1) is 20.9. The van der Waals surface area contributed by atoms with E-state index in [2.05, 4.69) is 4.98 Å². The van der Waals surface area contributed by atoms with Gasteiger partial charge in [0.05, 0.1) is 25.3 Å². The normalized spacial score (nSPS) is 22.8. The van der Waals surface area contributed by atoms with Gasteiger partial charge in [0, 0.05) is 36.9 Å². The number of ether oxygens (including phenoxy) is 3. The number of carbonyl (C=O) groups excluding carboxylic acids is 2. The fourth-order valence-electron chi connectivity index (χ4n) is 4.50. The molecule has 3 aliphatic rings. The van der Waals surface area contributed by atoms with Crippen LogP contribution in [0.15, 0.2) is 30.5 Å². The number of nitrogens with zero attached hydrogens (tertiary/aromatic N) is 2. The van der Waals surface area contributed by atoms with E-state index in [0.29, 0.717) is 60.9 Å². The molecule has 1 amide bonds. The zero-order valence-electron chi connectivity index (χ0n) is 17.7. The number of Topliss-reactive ketones (excluding diaryl/α,β-unsaturated/α-hetero) is 1. The van der Waals surface area contributed by atoms with E-state index in [1.807, 2.05) is 0 Å². The third-order valence-corrected chi connectivity index (χ3v) is 6.28. The molecule has 3 heterocycles. The number of pyridine rings is 1. The van der Waals surface area contributed by atoms with E-state index in [-0.39, 0.29) is 30.3 Å². The maximum Gasteiger partial charge on any atom is 0.233 e. The molecule has 2 aliphatic heterocycles. The van der Waals surface area contributed by atoms with Gasteiger partial charge in [-0.2, -0.15) is 0 Å². The molecule has 2 saturated heterocycles. The number of carbonyl (C=O) groups is 2. The highest BCUT2D eigenvalue weighted by Gasteiger charge is 2.35. The van der Waals surface area contributed by atoms with Gasteiger partial charge < -0.3 is 19.1 Å². The van der Waals surface area contributed by atoms with Gasteiger partial charge in [0.15, 0.2) is 5.78 Å². The molecule has 1 aliphatic carbocycles. The number of halogens is 1. The van der Waals surface area contributed by atoms with Crippen LogP contribution in [0, 0.1) is 11.7 Å². The quantitative estimate of drug-likeness (QED) is 0.686. The molecule has 0 N–H and O–H groups in total. The Labute approximate surface area is 185 Å². The number of rotatable bonds is 6. The topological polar surface area (TPSA) is 78.0 Å². The van der Waals surface area contributed by atoms with Gasteiger partial charge >= 0.3 is 0 Å². The Morgan fingerprint density at radius 3 is 2.88 bits per heavy atom. The molecule has 2 aromatic rings. The van der Waals surface area contributed by atoms with Crippen molar-refractivity contribution in [1.82, 2.24) is 4.98 Å². The standard InChI is InChI=1S/C24H25FN2O5/c25-21-11-16(10-20-19(21)4-5-22(20)28)27-8-7-15(24(27)29)13-31-17-3-6-23(26-12-17)32-18-2-1-9-30-14-18/h3,6,10-12,15,18H,1-2,4-5,7-9,13-14H2. The lowest BCUT2D eigenvalue weighted by molar-refractivity contribution is -0.121. The average molecular weight is 440 g/mol. The summed E-state index contributed by atoms with van der Waals surface area (Å²) >= 11 is 0. The molecule has 0 radical (unpaired) electrons. The summed E-state index contributed by atoms with van der Waals surface area (Å²) in [7, 11) is 0. The molecule has 168 valence electrons. The summed E-state index contributed by atoms with van der Waals surface area (Å²) in [5, 5.41) is 0. The summed E-state index contributed by atoms with van der Waals surface area (Å²) < 4.78 is 31.4. The highest BCUT2D eigenvalue weighted by molar-refractivity contribution is 6.03. The maximum atomic E-state index is 14.4. The second kappa shape index (κ2) is 8.86. The SMILES string of the molecule is O=C1CCc2c(F)cc(N3CCC(COc4ccc(OC5CCCOC5)nc4)C3=O)cc21. The van der Waals surface area contributed by atoms with Crippen molar-refractivity contribution in [1.29, 1.82) is 0 Å². The van der Waals surface area contributed by atoms with Crippen molar-refractivity contribution in [2.75, 3.05) is 31.3 Å². The van der Waals surface area contributed by atoms with Crippen molar-refractivity contribution >= 4 is 17.4 Å². The predicted molar refractivity (Wildman–Crippen MR) is 114 cm³/mol. The number of hydrogen-bond acceptors (Lipinski definition) is 6. The fraction of sp³-hybridized carbons (Fsp3) is 0.458. The third kappa shape index (κ3) is 4.19. The van der Waals surface area contributed by atoms with Crippen molar-refractivity contribution in [2.45, 2.75) is 38.2 Å². The Morgan fingerprint density at radius 2 is 2.09 bits per heavy atom. The van der Waals surface area contributed by atoms with E-state index in [1.54, 1.807) is 29.3 Å². The van der Waals surface area contributed by atoms with Crippen molar-refractivity contribution in [2.24, 2.45) is 5.92 Å². The summed E-state index contributed by atoms with van der Waals surface area (Å²) in [5.74, 6) is 0.131. The lowest BCUT2D eigenvalue weighted by Gasteiger charge is -2.22. The number of aromatic nitrogens is 1. The van der Waals surface area contributed by atoms with E-state index < -0.39 is 5.82 Å². The predicted octanol–water partition coefficient (Wildman–Crippen LogP) is 3.34. The lowest BCUT2D eigenvalue weighted by atomic mass is 10.1. The van der Waals surface area contributed by atoms with Gasteiger partial charge in [-0.25, -0.2) is 9.37 Å². The van der Waals surface area contributed by atoms with Crippen molar-refractivity contribution in [3.63, 3.8) is 0 Å². The smallest absolute Gasteiger partial charge is 0.233 e. The van der Waals surface area contributed by atoms with E-state index in [4.69, 9.17) is 14.2 Å². The molecular formula is C24H25FN2O5. The highest BCUT2D eigenvalue weighted by Crippen LogP contribution is 2.33. The van der Waals surface area contributed by atoms with Crippen molar-refractivity contribution < 1.29 is 28.2 Å². The number of hydrogen-bond donors (Lipinski definition) is 0. The van der Waals surface area contributed by atoms with Crippen LogP contribution in [-0.2, 0) is 16.0 Å². The molecule has 1 aromatic heterocycles. The van der Waals surface area contributed by atoms with Crippen LogP contribution in [0.4, 0.5) is 10.1 Å². The van der Waals surface area contributed by atoms with Crippen LogP contribution >= 0.6 is 0 Å². The van der Waals surface area contributed by atoms with Crippen LogP contribution in [0.2, 0.25) is 0 Å². The van der Waals surface area contributed by atoms with Crippen molar-refractivity contribution in [3.05, 3.63) is 47.4 Å². The van der Waals surface area contributed by atoms with Gasteiger partial charge in [0.1, 0.15) is 17.7 Å². The maximum absolute atomic E-state index is 14.4. The molecule has 0 spiro atoms. The molecule has 2 fully saturated rings. The number of amides is 1. The van der Waals surface area contributed by atoms with Crippen LogP contribution in [-0.4, -0.2) is 49.1 Å². The minimum atomic E-state index is -0.413. The van der Waals surface area contributed by atoms with Gasteiger partial charge in [-0.15, -0.1) is 0 Å². The van der Waals surface area contributed by atoms with Crippen LogP contribution in [0.25, 0.3) is 0 Å². The zero-order valence-corrected chi connectivity index (χ0v) is 17.7. The molecule has 2 unspecified atom stereocenters. The lowest BCUT2D eigenvalue weighted by Crippen LogP contribution is -2.29. The molecule has 8 heteroatoms. The Bertz CT molecular complexity index is 1020. The minimum absolute atomic E-state index is 0.0180. The van der Waals surface area contributed by atoms with Gasteiger partial charge in [0.25, 0.3) is 0 Å². The van der Waals surface area contributed by atoms with Crippen LogP contribution in [0.1, 0.15) is 41.6 Å².